The fourth-order valence-corrected chi connectivity index (χ4v) is 4.21. The molecule has 0 radical (unpaired) electrons. The molecule has 6 heteroatoms. The molecule has 2 aromatic rings. The molecular weight excluding hydrogens is 374 g/mol. The van der Waals surface area contributed by atoms with E-state index in [9.17, 15) is 4.79 Å². The van der Waals surface area contributed by atoms with Gasteiger partial charge in [-0.05, 0) is 36.6 Å². The Bertz CT molecular complexity index is 891. The van der Waals surface area contributed by atoms with Gasteiger partial charge in [0, 0.05) is 57.3 Å². The Labute approximate surface area is 179 Å². The van der Waals surface area contributed by atoms with Crippen molar-refractivity contribution in [2.45, 2.75) is 39.7 Å². The van der Waals surface area contributed by atoms with Gasteiger partial charge in [-0.2, -0.15) is 0 Å². The average molecular weight is 408 g/mol. The highest BCUT2D eigenvalue weighted by molar-refractivity contribution is 5.77. The monoisotopic (exact) mass is 407 g/mol. The van der Waals surface area contributed by atoms with Crippen LogP contribution < -0.4 is 4.90 Å². The second-order valence-electron chi connectivity index (χ2n) is 8.82. The van der Waals surface area contributed by atoms with Crippen molar-refractivity contribution in [3.05, 3.63) is 41.7 Å². The van der Waals surface area contributed by atoms with Gasteiger partial charge in [0.1, 0.15) is 12.1 Å². The molecular formula is C24H33N5O. The van der Waals surface area contributed by atoms with Crippen molar-refractivity contribution in [1.82, 2.24) is 19.8 Å². The van der Waals surface area contributed by atoms with Crippen LogP contribution in [-0.2, 0) is 17.8 Å². The standard InChI is InChI=1S/C24H33N5O/c1-4-18(2)13-24(30)29-8-7-19-5-6-20(14-21(19)16-29)22-15-23(26-17-25-22)28-11-9-27(3)10-12-28/h5-6,14-15,17-18H,4,7-13,16H2,1-3H3. The molecule has 1 saturated heterocycles. The smallest absolute Gasteiger partial charge is 0.223 e. The van der Waals surface area contributed by atoms with Crippen LogP contribution in [-0.4, -0.2) is 65.4 Å². The highest BCUT2D eigenvalue weighted by Crippen LogP contribution is 2.27. The minimum Gasteiger partial charge on any atom is -0.354 e. The molecule has 4 rings (SSSR count). The van der Waals surface area contributed by atoms with Crippen LogP contribution in [0, 0.1) is 5.92 Å². The molecule has 1 aromatic carbocycles. The lowest BCUT2D eigenvalue weighted by Crippen LogP contribution is -2.44. The molecule has 1 fully saturated rings. The molecule has 2 aliphatic heterocycles. The Hall–Kier alpha value is -2.47. The Morgan fingerprint density at radius 2 is 1.87 bits per heavy atom. The van der Waals surface area contributed by atoms with Gasteiger partial charge in [-0.15, -0.1) is 0 Å². The average Bonchev–Trinajstić information content (AvgIpc) is 2.78. The maximum atomic E-state index is 12.7. The lowest BCUT2D eigenvalue weighted by Gasteiger charge is -2.33. The van der Waals surface area contributed by atoms with Crippen LogP contribution in [0.2, 0.25) is 0 Å². The maximum absolute atomic E-state index is 12.7. The lowest BCUT2D eigenvalue weighted by molar-refractivity contribution is -0.133. The third-order valence-electron chi connectivity index (χ3n) is 6.57. The summed E-state index contributed by atoms with van der Waals surface area (Å²) in [6.07, 6.45) is 4.29. The Morgan fingerprint density at radius 1 is 1.07 bits per heavy atom. The number of hydrogen-bond donors (Lipinski definition) is 0. The Kier molecular flexibility index (Phi) is 6.32. The van der Waals surface area contributed by atoms with Gasteiger partial charge < -0.3 is 14.7 Å². The molecule has 3 heterocycles. The molecule has 0 aliphatic carbocycles. The highest BCUT2D eigenvalue weighted by atomic mass is 16.2. The van der Waals surface area contributed by atoms with E-state index in [1.54, 1.807) is 6.33 Å². The summed E-state index contributed by atoms with van der Waals surface area (Å²) in [4.78, 5) is 28.4. The van der Waals surface area contributed by atoms with Crippen molar-refractivity contribution in [2.75, 3.05) is 44.7 Å². The van der Waals surface area contributed by atoms with Crippen molar-refractivity contribution in [3.63, 3.8) is 0 Å². The second-order valence-corrected chi connectivity index (χ2v) is 8.82. The predicted octanol–water partition coefficient (Wildman–Crippen LogP) is 3.22. The summed E-state index contributed by atoms with van der Waals surface area (Å²) in [5.74, 6) is 1.72. The molecule has 0 bridgehead atoms. The van der Waals surface area contributed by atoms with E-state index in [4.69, 9.17) is 0 Å². The van der Waals surface area contributed by atoms with Gasteiger partial charge >= 0.3 is 0 Å². The number of aromatic nitrogens is 2. The first-order valence-electron chi connectivity index (χ1n) is 11.2. The van der Waals surface area contributed by atoms with Crippen LogP contribution in [0.25, 0.3) is 11.3 Å². The van der Waals surface area contributed by atoms with E-state index in [0.717, 1.165) is 62.6 Å². The van der Waals surface area contributed by atoms with Gasteiger partial charge in [-0.25, -0.2) is 9.97 Å². The summed E-state index contributed by atoms with van der Waals surface area (Å²) in [5, 5.41) is 0. The summed E-state index contributed by atoms with van der Waals surface area (Å²) < 4.78 is 0. The van der Waals surface area contributed by atoms with Crippen LogP contribution >= 0.6 is 0 Å². The van der Waals surface area contributed by atoms with Crippen LogP contribution in [0.4, 0.5) is 5.82 Å². The molecule has 6 nitrogen and oxygen atoms in total. The number of nitrogens with zero attached hydrogens (tertiary/aromatic N) is 5. The first-order valence-corrected chi connectivity index (χ1v) is 11.2. The third kappa shape index (κ3) is 4.64. The first kappa shape index (κ1) is 20.8. The van der Waals surface area contributed by atoms with Crippen molar-refractivity contribution in [1.29, 1.82) is 0 Å². The van der Waals surface area contributed by atoms with E-state index in [-0.39, 0.29) is 5.91 Å². The van der Waals surface area contributed by atoms with E-state index in [1.165, 1.54) is 11.1 Å². The molecule has 0 N–H and O–H groups in total. The molecule has 1 unspecified atom stereocenters. The SMILES string of the molecule is CCC(C)CC(=O)N1CCc2ccc(-c3cc(N4CCN(C)CC4)ncn3)cc2C1. The Morgan fingerprint density at radius 3 is 2.63 bits per heavy atom. The highest BCUT2D eigenvalue weighted by Gasteiger charge is 2.22. The van der Waals surface area contributed by atoms with Gasteiger partial charge in [-0.1, -0.05) is 32.4 Å². The number of amides is 1. The molecule has 2 aliphatic rings. The quantitative estimate of drug-likeness (QED) is 0.762. The minimum absolute atomic E-state index is 0.278. The third-order valence-corrected chi connectivity index (χ3v) is 6.57. The van der Waals surface area contributed by atoms with E-state index in [0.29, 0.717) is 18.9 Å². The van der Waals surface area contributed by atoms with Crippen molar-refractivity contribution >= 4 is 11.7 Å². The molecule has 1 atom stereocenters. The number of piperazine rings is 1. The summed E-state index contributed by atoms with van der Waals surface area (Å²) in [5.41, 5.74) is 4.64. The maximum Gasteiger partial charge on any atom is 0.223 e. The number of carbonyl (C=O) groups is 1. The normalized spacial score (nSPS) is 18.2. The van der Waals surface area contributed by atoms with Crippen molar-refractivity contribution in [3.8, 4) is 11.3 Å². The molecule has 0 spiro atoms. The molecule has 0 saturated carbocycles. The summed E-state index contributed by atoms with van der Waals surface area (Å²) in [7, 11) is 2.16. The zero-order valence-electron chi connectivity index (χ0n) is 18.5. The first-order chi connectivity index (χ1) is 14.5. The van der Waals surface area contributed by atoms with Gasteiger partial charge in [0.05, 0.1) is 5.69 Å². The summed E-state index contributed by atoms with van der Waals surface area (Å²) in [6.45, 7) is 9.92. The number of likely N-dealkylation sites (N-methyl/N-ethyl adjacent to an activating group) is 1. The second kappa shape index (κ2) is 9.13. The van der Waals surface area contributed by atoms with E-state index in [1.807, 2.05) is 4.90 Å². The van der Waals surface area contributed by atoms with Crippen LogP contribution in [0.5, 0.6) is 0 Å². The van der Waals surface area contributed by atoms with Gasteiger partial charge in [-0.3, -0.25) is 4.79 Å². The number of fused-ring (bicyclic) bond motifs is 1. The number of hydrogen-bond acceptors (Lipinski definition) is 5. The van der Waals surface area contributed by atoms with Gasteiger partial charge in [0.25, 0.3) is 0 Å². The Balaban J connectivity index is 1.51. The van der Waals surface area contributed by atoms with Crippen molar-refractivity contribution < 1.29 is 4.79 Å². The van der Waals surface area contributed by atoms with E-state index < -0.39 is 0 Å². The number of benzene rings is 1. The van der Waals surface area contributed by atoms with Crippen molar-refractivity contribution in [2.24, 2.45) is 5.92 Å². The van der Waals surface area contributed by atoms with Crippen LogP contribution in [0.15, 0.2) is 30.6 Å². The summed E-state index contributed by atoms with van der Waals surface area (Å²) in [6, 6.07) is 8.68. The molecule has 30 heavy (non-hydrogen) atoms. The number of carbonyl (C=O) groups excluding carboxylic acids is 1. The van der Waals surface area contributed by atoms with Gasteiger partial charge in [0.15, 0.2) is 0 Å². The summed E-state index contributed by atoms with van der Waals surface area (Å²) >= 11 is 0. The molecule has 160 valence electrons. The largest absolute Gasteiger partial charge is 0.354 e. The van der Waals surface area contributed by atoms with Gasteiger partial charge in [0.2, 0.25) is 5.91 Å². The van der Waals surface area contributed by atoms with E-state index >= 15 is 0 Å². The topological polar surface area (TPSA) is 52.6 Å². The number of rotatable bonds is 5. The number of anilines is 1. The fourth-order valence-electron chi connectivity index (χ4n) is 4.21. The van der Waals surface area contributed by atoms with Crippen LogP contribution in [0.1, 0.15) is 37.8 Å². The molecule has 1 aromatic heterocycles. The zero-order chi connectivity index (χ0) is 21.1. The fraction of sp³-hybridized carbons (Fsp3) is 0.542. The van der Waals surface area contributed by atoms with E-state index in [2.05, 4.69) is 64.9 Å². The lowest BCUT2D eigenvalue weighted by atomic mass is 9.95. The van der Waals surface area contributed by atoms with Crippen LogP contribution in [0.3, 0.4) is 0 Å². The zero-order valence-corrected chi connectivity index (χ0v) is 18.5. The molecule has 1 amide bonds. The minimum atomic E-state index is 0.278. The predicted molar refractivity (Wildman–Crippen MR) is 120 cm³/mol.